The van der Waals surface area contributed by atoms with E-state index in [-0.39, 0.29) is 42.4 Å². The van der Waals surface area contributed by atoms with Gasteiger partial charge in [0.25, 0.3) is 11.6 Å². The molecule has 3 aromatic rings. The van der Waals surface area contributed by atoms with Crippen LogP contribution in [0.1, 0.15) is 22.8 Å². The summed E-state index contributed by atoms with van der Waals surface area (Å²) in [7, 11) is 0. The number of aromatic nitrogens is 2. The first-order valence-electron chi connectivity index (χ1n) is 9.46. The van der Waals surface area contributed by atoms with Crippen LogP contribution in [0.3, 0.4) is 0 Å². The molecule has 2 amide bonds. The number of imidazole rings is 1. The van der Waals surface area contributed by atoms with Crippen LogP contribution in [-0.4, -0.2) is 44.3 Å². The number of nitro benzene ring substituents is 1. The van der Waals surface area contributed by atoms with Gasteiger partial charge in [0, 0.05) is 37.1 Å². The first-order chi connectivity index (χ1) is 14.9. The lowest BCUT2D eigenvalue weighted by Crippen LogP contribution is -2.40. The van der Waals surface area contributed by atoms with Gasteiger partial charge in [0.05, 0.1) is 17.8 Å². The number of rotatable bonds is 8. The molecule has 9 nitrogen and oxygen atoms in total. The third kappa shape index (κ3) is 5.30. The van der Waals surface area contributed by atoms with Crippen molar-refractivity contribution in [3.8, 4) is 5.69 Å². The van der Waals surface area contributed by atoms with Gasteiger partial charge in [0.1, 0.15) is 11.5 Å². The second-order valence-corrected chi connectivity index (χ2v) is 6.65. The van der Waals surface area contributed by atoms with Crippen LogP contribution in [0, 0.1) is 15.9 Å². The number of halogens is 1. The van der Waals surface area contributed by atoms with Gasteiger partial charge in [-0.15, -0.1) is 0 Å². The molecule has 10 heteroatoms. The minimum Gasteiger partial charge on any atom is -0.350 e. The van der Waals surface area contributed by atoms with E-state index in [2.05, 4.69) is 10.3 Å². The van der Waals surface area contributed by atoms with E-state index in [1.165, 1.54) is 52.3 Å². The van der Waals surface area contributed by atoms with Crippen molar-refractivity contribution < 1.29 is 18.9 Å². The second-order valence-electron chi connectivity index (χ2n) is 6.65. The van der Waals surface area contributed by atoms with Gasteiger partial charge in [-0.1, -0.05) is 12.1 Å². The summed E-state index contributed by atoms with van der Waals surface area (Å²) in [5.41, 5.74) is 0.846. The molecule has 0 radical (unpaired) electrons. The van der Waals surface area contributed by atoms with Crippen molar-refractivity contribution in [2.75, 3.05) is 13.1 Å². The van der Waals surface area contributed by atoms with Gasteiger partial charge in [0.15, 0.2) is 0 Å². The summed E-state index contributed by atoms with van der Waals surface area (Å²) >= 11 is 0. The van der Waals surface area contributed by atoms with Crippen molar-refractivity contribution in [2.45, 2.75) is 13.5 Å². The molecular weight excluding hydrogens is 405 g/mol. The predicted octanol–water partition coefficient (Wildman–Crippen LogP) is 2.70. The van der Waals surface area contributed by atoms with Gasteiger partial charge in [0.2, 0.25) is 5.91 Å². The normalized spacial score (nSPS) is 10.5. The average molecular weight is 425 g/mol. The highest BCUT2D eigenvalue weighted by atomic mass is 19.1. The van der Waals surface area contributed by atoms with E-state index in [1.54, 1.807) is 25.3 Å². The van der Waals surface area contributed by atoms with Crippen molar-refractivity contribution in [3.05, 3.63) is 88.2 Å². The van der Waals surface area contributed by atoms with Gasteiger partial charge in [-0.25, -0.2) is 9.37 Å². The van der Waals surface area contributed by atoms with E-state index >= 15 is 0 Å². The smallest absolute Gasteiger partial charge is 0.294 e. The fourth-order valence-electron chi connectivity index (χ4n) is 2.96. The van der Waals surface area contributed by atoms with E-state index in [4.69, 9.17) is 0 Å². The molecule has 0 aliphatic carbocycles. The maximum atomic E-state index is 13.0. The van der Waals surface area contributed by atoms with Gasteiger partial charge in [-0.05, 0) is 36.8 Å². The number of carbonyl (C=O) groups excluding carboxylic acids is 2. The fourth-order valence-corrected chi connectivity index (χ4v) is 2.96. The highest BCUT2D eigenvalue weighted by Crippen LogP contribution is 2.24. The summed E-state index contributed by atoms with van der Waals surface area (Å²) in [6.07, 6.45) is 4.48. The summed E-state index contributed by atoms with van der Waals surface area (Å²) in [4.78, 5) is 41.2. The number of hydrogen-bond donors (Lipinski definition) is 1. The largest absolute Gasteiger partial charge is 0.350 e. The van der Waals surface area contributed by atoms with Crippen LogP contribution in [0.15, 0.2) is 61.2 Å². The van der Waals surface area contributed by atoms with Crippen LogP contribution in [0.4, 0.5) is 10.1 Å². The van der Waals surface area contributed by atoms with Crippen LogP contribution >= 0.6 is 0 Å². The molecular formula is C21H20FN5O4. The quantitative estimate of drug-likeness (QED) is 0.441. The maximum absolute atomic E-state index is 13.0. The molecule has 0 spiro atoms. The number of likely N-dealkylation sites (N-methyl/N-ethyl adjacent to an activating group) is 1. The van der Waals surface area contributed by atoms with Gasteiger partial charge >= 0.3 is 0 Å². The molecule has 31 heavy (non-hydrogen) atoms. The number of hydrogen-bond acceptors (Lipinski definition) is 5. The number of nitro groups is 1. The van der Waals surface area contributed by atoms with Crippen LogP contribution in [0.25, 0.3) is 5.69 Å². The molecule has 0 saturated heterocycles. The average Bonchev–Trinajstić information content (AvgIpc) is 3.31. The maximum Gasteiger partial charge on any atom is 0.294 e. The SMILES string of the molecule is CCN(CC(=O)NCc1ccc(F)cc1)C(=O)c1ccc(-n2ccnc2)c([N+](=O)[O-])c1. The molecule has 1 aromatic heterocycles. The second kappa shape index (κ2) is 9.61. The first-order valence-corrected chi connectivity index (χ1v) is 9.46. The Kier molecular flexibility index (Phi) is 6.71. The minimum absolute atomic E-state index is 0.101. The summed E-state index contributed by atoms with van der Waals surface area (Å²) in [5.74, 6) is -1.27. The van der Waals surface area contributed by atoms with Gasteiger partial charge < -0.3 is 14.8 Å². The van der Waals surface area contributed by atoms with Crippen molar-refractivity contribution >= 4 is 17.5 Å². The lowest BCUT2D eigenvalue weighted by Gasteiger charge is -2.20. The zero-order valence-corrected chi connectivity index (χ0v) is 16.7. The molecule has 2 aromatic carbocycles. The minimum atomic E-state index is -0.572. The van der Waals surface area contributed by atoms with Crippen LogP contribution in [0.2, 0.25) is 0 Å². The van der Waals surface area contributed by atoms with Crippen LogP contribution in [-0.2, 0) is 11.3 Å². The van der Waals surface area contributed by atoms with Gasteiger partial charge in [-0.3, -0.25) is 19.7 Å². The molecule has 3 rings (SSSR count). The predicted molar refractivity (Wildman–Crippen MR) is 110 cm³/mol. The Labute approximate surface area is 177 Å². The van der Waals surface area contributed by atoms with Gasteiger partial charge in [-0.2, -0.15) is 0 Å². The number of benzene rings is 2. The number of nitrogens with one attached hydrogen (secondary N) is 1. The standard InChI is InChI=1S/C21H20FN5O4/c1-2-25(13-20(28)24-12-15-3-6-17(22)7-4-15)21(29)16-5-8-18(19(11-16)27(30)31)26-10-9-23-14-26/h3-11,14H,2,12-13H2,1H3,(H,24,28). The van der Waals surface area contributed by atoms with E-state index in [1.807, 2.05) is 0 Å². The summed E-state index contributed by atoms with van der Waals surface area (Å²) in [6, 6.07) is 9.84. The molecule has 0 atom stereocenters. The molecule has 1 N–H and O–H groups in total. The molecule has 0 fully saturated rings. The lowest BCUT2D eigenvalue weighted by atomic mass is 10.1. The zero-order chi connectivity index (χ0) is 22.4. The molecule has 0 aliphatic rings. The molecule has 1 heterocycles. The van der Waals surface area contributed by atoms with Crippen LogP contribution in [0.5, 0.6) is 0 Å². The van der Waals surface area contributed by atoms with Crippen LogP contribution < -0.4 is 5.32 Å². The summed E-state index contributed by atoms with van der Waals surface area (Å²) in [6.45, 7) is 1.92. The van der Waals surface area contributed by atoms with E-state index < -0.39 is 16.7 Å². The first kappa shape index (κ1) is 21.6. The highest BCUT2D eigenvalue weighted by Gasteiger charge is 2.22. The fraction of sp³-hybridized carbons (Fsp3) is 0.190. The molecule has 0 saturated carbocycles. The monoisotopic (exact) mass is 425 g/mol. The van der Waals surface area contributed by atoms with Crippen molar-refractivity contribution in [1.29, 1.82) is 0 Å². The summed E-state index contributed by atoms with van der Waals surface area (Å²) < 4.78 is 14.4. The Morgan fingerprint density at radius 1 is 1.23 bits per heavy atom. The topological polar surface area (TPSA) is 110 Å². The Morgan fingerprint density at radius 2 is 1.97 bits per heavy atom. The number of carbonyl (C=O) groups is 2. The Bertz CT molecular complexity index is 1080. The lowest BCUT2D eigenvalue weighted by molar-refractivity contribution is -0.384. The summed E-state index contributed by atoms with van der Waals surface area (Å²) in [5, 5.41) is 14.2. The third-order valence-electron chi connectivity index (χ3n) is 4.61. The molecule has 0 unspecified atom stereocenters. The zero-order valence-electron chi connectivity index (χ0n) is 16.7. The van der Waals surface area contributed by atoms with E-state index in [0.29, 0.717) is 0 Å². The van der Waals surface area contributed by atoms with E-state index in [0.717, 1.165) is 5.56 Å². The number of nitrogens with zero attached hydrogens (tertiary/aromatic N) is 4. The molecule has 0 aliphatic heterocycles. The highest BCUT2D eigenvalue weighted by molar-refractivity contribution is 5.97. The Hall–Kier alpha value is -4.08. The van der Waals surface area contributed by atoms with E-state index in [9.17, 15) is 24.1 Å². The van der Waals surface area contributed by atoms with Crippen molar-refractivity contribution in [1.82, 2.24) is 19.8 Å². The molecule has 160 valence electrons. The van der Waals surface area contributed by atoms with Crippen molar-refractivity contribution in [3.63, 3.8) is 0 Å². The van der Waals surface area contributed by atoms with Crippen molar-refractivity contribution in [2.24, 2.45) is 0 Å². The Morgan fingerprint density at radius 3 is 2.58 bits per heavy atom. The molecule has 0 bridgehead atoms. The third-order valence-corrected chi connectivity index (χ3v) is 4.61. The Balaban J connectivity index is 1.70. The number of amides is 2.